The first-order chi connectivity index (χ1) is 9.35. The van der Waals surface area contributed by atoms with Crippen molar-refractivity contribution in [1.29, 1.82) is 0 Å². The average Bonchev–Trinajstić information content (AvgIpc) is 2.43. The summed E-state index contributed by atoms with van der Waals surface area (Å²) in [6.07, 6.45) is 16.4. The minimum atomic E-state index is 0. The maximum atomic E-state index is 3.90. The second-order valence-corrected chi connectivity index (χ2v) is 5.88. The molecule has 1 radical (unpaired) electrons. The van der Waals surface area contributed by atoms with E-state index in [-0.39, 0.29) is 18.9 Å². The van der Waals surface area contributed by atoms with E-state index in [0.29, 0.717) is 0 Å². The van der Waals surface area contributed by atoms with Crippen LogP contribution in [0.4, 0.5) is 0 Å². The molecule has 0 atom stereocenters. The Morgan fingerprint density at radius 3 is 1.45 bits per heavy atom. The summed E-state index contributed by atoms with van der Waals surface area (Å²) in [6.45, 7) is 12.5. The van der Waals surface area contributed by atoms with Crippen LogP contribution in [0, 0.1) is 6.92 Å². The zero-order valence-electron chi connectivity index (χ0n) is 13.8. The Labute approximate surface area is 141 Å². The van der Waals surface area contributed by atoms with Crippen LogP contribution in [-0.4, -0.2) is 43.4 Å². The summed E-state index contributed by atoms with van der Waals surface area (Å²) in [5, 5.41) is 0. The molecular weight excluding hydrogens is 237 g/mol. The Hall–Kier alpha value is 0.557. The second-order valence-electron chi connectivity index (χ2n) is 5.88. The van der Waals surface area contributed by atoms with Gasteiger partial charge in [0.25, 0.3) is 0 Å². The van der Waals surface area contributed by atoms with Crippen molar-refractivity contribution in [2.24, 2.45) is 0 Å². The Morgan fingerprint density at radius 2 is 1.00 bits per heavy atom. The predicted molar refractivity (Wildman–Crippen MR) is 95.7 cm³/mol. The number of hydrogen-bond donors (Lipinski definition) is 0. The van der Waals surface area contributed by atoms with E-state index in [0.717, 1.165) is 6.42 Å². The Kier molecular flexibility index (Phi) is 22.3. The van der Waals surface area contributed by atoms with Crippen molar-refractivity contribution in [2.45, 2.75) is 90.9 Å². The van der Waals surface area contributed by atoms with Gasteiger partial charge in [-0.2, -0.15) is 0 Å². The van der Waals surface area contributed by atoms with Crippen LogP contribution in [0.1, 0.15) is 90.9 Å². The van der Waals surface area contributed by atoms with Crippen molar-refractivity contribution < 1.29 is 0 Å². The third-order valence-corrected chi connectivity index (χ3v) is 3.88. The van der Waals surface area contributed by atoms with Crippen LogP contribution in [0.5, 0.6) is 0 Å². The summed E-state index contributed by atoms with van der Waals surface area (Å²) in [4.78, 5) is 2.69. The first kappa shape index (κ1) is 22.8. The molecule has 0 unspecified atom stereocenters. The molecule has 0 aromatic heterocycles. The minimum absolute atomic E-state index is 0. The molecule has 0 amide bonds. The predicted octanol–water partition coefficient (Wildman–Crippen LogP) is 5.19. The molecule has 0 fully saturated rings. The summed E-state index contributed by atoms with van der Waals surface area (Å²) >= 11 is 0. The zero-order valence-corrected chi connectivity index (χ0v) is 13.8. The van der Waals surface area contributed by atoms with Gasteiger partial charge < -0.3 is 4.90 Å². The Bertz CT molecular complexity index is 153. The molecule has 0 rings (SSSR count). The van der Waals surface area contributed by atoms with Crippen LogP contribution in [0.25, 0.3) is 0 Å². The summed E-state index contributed by atoms with van der Waals surface area (Å²) in [6, 6.07) is 0. The number of rotatable bonds is 15. The third kappa shape index (κ3) is 16.6. The van der Waals surface area contributed by atoms with Gasteiger partial charge in [-0.1, -0.05) is 78.6 Å². The number of nitrogens with zero attached hydrogens (tertiary/aromatic N) is 1. The van der Waals surface area contributed by atoms with E-state index in [1.165, 1.54) is 90.3 Å². The van der Waals surface area contributed by atoms with Gasteiger partial charge in [-0.15, -0.1) is 0 Å². The molecule has 0 bridgehead atoms. The van der Waals surface area contributed by atoms with Crippen molar-refractivity contribution in [3.63, 3.8) is 0 Å². The summed E-state index contributed by atoms with van der Waals surface area (Å²) < 4.78 is 0. The van der Waals surface area contributed by atoms with Gasteiger partial charge in [0.1, 0.15) is 0 Å². The number of hydrogen-bond acceptors (Lipinski definition) is 1. The van der Waals surface area contributed by atoms with Gasteiger partial charge in [-0.3, -0.25) is 0 Å². The summed E-state index contributed by atoms with van der Waals surface area (Å²) in [5.41, 5.74) is 0. The van der Waals surface area contributed by atoms with Crippen molar-refractivity contribution in [2.75, 3.05) is 19.6 Å². The molecule has 0 aliphatic rings. The van der Waals surface area contributed by atoms with Crippen molar-refractivity contribution in [1.82, 2.24) is 4.90 Å². The molecule has 0 aliphatic heterocycles. The van der Waals surface area contributed by atoms with Gasteiger partial charge in [-0.25, -0.2) is 0 Å². The summed E-state index contributed by atoms with van der Waals surface area (Å²) in [5.74, 6) is 0. The van der Waals surface area contributed by atoms with E-state index in [9.17, 15) is 0 Å². The fourth-order valence-corrected chi connectivity index (χ4v) is 2.49. The van der Waals surface area contributed by atoms with Gasteiger partial charge in [0.15, 0.2) is 0 Å². The molecule has 0 aromatic carbocycles. The fraction of sp³-hybridized carbons (Fsp3) is 0.944. The van der Waals surface area contributed by atoms with Crippen molar-refractivity contribution >= 4 is 18.9 Å². The van der Waals surface area contributed by atoms with E-state index in [1.807, 2.05) is 0 Å². The average molecular weight is 276 g/mol. The molecule has 0 aliphatic carbocycles. The van der Waals surface area contributed by atoms with Crippen molar-refractivity contribution in [3.05, 3.63) is 6.92 Å². The van der Waals surface area contributed by atoms with Crippen LogP contribution in [0.3, 0.4) is 0 Å². The first-order valence-corrected chi connectivity index (χ1v) is 8.86. The molecule has 0 spiro atoms. The van der Waals surface area contributed by atoms with Gasteiger partial charge in [0.05, 0.1) is 0 Å². The molecule has 0 aromatic rings. The molecule has 0 N–H and O–H groups in total. The van der Waals surface area contributed by atoms with E-state index in [2.05, 4.69) is 25.7 Å². The second kappa shape index (κ2) is 19.6. The third-order valence-electron chi connectivity index (χ3n) is 3.88. The van der Waals surface area contributed by atoms with E-state index < -0.39 is 0 Å². The SMILES string of the molecule is [CH2]CCCCCCCCCN(CCCC)CCCC.[LiH]. The maximum absolute atomic E-state index is 3.90. The fourth-order valence-electron chi connectivity index (χ4n) is 2.49. The normalized spacial score (nSPS) is 10.8. The van der Waals surface area contributed by atoms with Gasteiger partial charge in [0.2, 0.25) is 0 Å². The van der Waals surface area contributed by atoms with Crippen LogP contribution in [0.15, 0.2) is 0 Å². The van der Waals surface area contributed by atoms with E-state index >= 15 is 0 Å². The molecule has 20 heavy (non-hydrogen) atoms. The summed E-state index contributed by atoms with van der Waals surface area (Å²) in [7, 11) is 0. The Balaban J connectivity index is 0. The molecular formula is C18H39LiN. The monoisotopic (exact) mass is 276 g/mol. The Morgan fingerprint density at radius 1 is 0.600 bits per heavy atom. The van der Waals surface area contributed by atoms with E-state index in [4.69, 9.17) is 0 Å². The molecule has 0 heterocycles. The molecule has 0 saturated carbocycles. The van der Waals surface area contributed by atoms with Gasteiger partial charge >= 0.3 is 18.9 Å². The van der Waals surface area contributed by atoms with E-state index in [1.54, 1.807) is 0 Å². The number of unbranched alkanes of at least 4 members (excludes halogenated alkanes) is 9. The molecule has 0 saturated heterocycles. The van der Waals surface area contributed by atoms with Crippen LogP contribution in [0.2, 0.25) is 0 Å². The molecule has 2 heteroatoms. The standard InChI is InChI=1S/C18H38N.Li.H/c1-4-7-10-11-12-13-14-15-18-19(16-8-5-2)17-9-6-3;;/h1,4-18H2,2-3H3;;. The molecule has 1 nitrogen and oxygen atoms in total. The topological polar surface area (TPSA) is 3.24 Å². The van der Waals surface area contributed by atoms with Gasteiger partial charge in [-0.05, 0) is 38.9 Å². The van der Waals surface area contributed by atoms with Gasteiger partial charge in [0, 0.05) is 0 Å². The first-order valence-electron chi connectivity index (χ1n) is 8.86. The zero-order chi connectivity index (χ0) is 14.2. The van der Waals surface area contributed by atoms with Crippen LogP contribution >= 0.6 is 0 Å². The van der Waals surface area contributed by atoms with Crippen molar-refractivity contribution in [3.8, 4) is 0 Å². The van der Waals surface area contributed by atoms with Crippen LogP contribution in [-0.2, 0) is 0 Å². The quantitative estimate of drug-likeness (QED) is 0.294. The molecule has 117 valence electrons. The van der Waals surface area contributed by atoms with Crippen LogP contribution < -0.4 is 0 Å².